The van der Waals surface area contributed by atoms with E-state index in [2.05, 4.69) is 25.8 Å². The van der Waals surface area contributed by atoms with E-state index >= 15 is 0 Å². The summed E-state index contributed by atoms with van der Waals surface area (Å²) in [6, 6.07) is 8.86. The number of piperazine rings is 1. The van der Waals surface area contributed by atoms with E-state index in [1.807, 2.05) is 48.1 Å². The van der Waals surface area contributed by atoms with Crippen molar-refractivity contribution in [2.24, 2.45) is 0 Å². The molecule has 1 aliphatic carbocycles. The van der Waals surface area contributed by atoms with Gasteiger partial charge in [0.25, 0.3) is 5.56 Å². The highest BCUT2D eigenvalue weighted by Gasteiger charge is 2.31. The fourth-order valence-electron chi connectivity index (χ4n) is 4.49. The molecule has 6 rings (SSSR count). The molecule has 7 nitrogen and oxygen atoms in total. The molecule has 0 bridgehead atoms. The van der Waals surface area contributed by atoms with Gasteiger partial charge >= 0.3 is 0 Å². The minimum atomic E-state index is -0.0990. The lowest BCUT2D eigenvalue weighted by Crippen LogP contribution is -2.47. The smallest absolute Gasteiger partial charge is 0.259 e. The van der Waals surface area contributed by atoms with E-state index in [0.717, 1.165) is 60.2 Å². The molecular weight excluding hydrogens is 376 g/mol. The monoisotopic (exact) mass is 400 g/mol. The first-order valence-electron chi connectivity index (χ1n) is 10.6. The van der Waals surface area contributed by atoms with Crippen LogP contribution >= 0.6 is 0 Å². The second-order valence-corrected chi connectivity index (χ2v) is 8.46. The van der Waals surface area contributed by atoms with Gasteiger partial charge in [0.15, 0.2) is 0 Å². The quantitative estimate of drug-likeness (QED) is 0.573. The molecule has 1 N–H and O–H groups in total. The molecule has 0 atom stereocenters. The Hall–Kier alpha value is -3.19. The summed E-state index contributed by atoms with van der Waals surface area (Å²) in [4.78, 5) is 29.9. The van der Waals surface area contributed by atoms with E-state index in [1.54, 1.807) is 0 Å². The number of nitrogens with one attached hydrogen (secondary N) is 1. The molecule has 4 aromatic rings. The SMILES string of the molecule is Cc1cn2cc(-c3nc4ccc(N5CCN(C6CC6)CC5)cc4c(=O)[nH]3)cc2cn1. The largest absolute Gasteiger partial charge is 0.369 e. The van der Waals surface area contributed by atoms with Crippen LogP contribution in [0.1, 0.15) is 18.5 Å². The average Bonchev–Trinajstić information content (AvgIpc) is 3.53. The van der Waals surface area contributed by atoms with Crippen LogP contribution in [0.3, 0.4) is 0 Å². The zero-order chi connectivity index (χ0) is 20.2. The topological polar surface area (TPSA) is 69.5 Å². The maximum atomic E-state index is 12.9. The normalized spacial score (nSPS) is 17.8. The van der Waals surface area contributed by atoms with Crippen LogP contribution in [-0.2, 0) is 0 Å². The number of fused-ring (bicyclic) bond motifs is 2. The number of hydrogen-bond donors (Lipinski definition) is 1. The highest BCUT2D eigenvalue weighted by molar-refractivity contribution is 5.83. The second-order valence-electron chi connectivity index (χ2n) is 8.46. The summed E-state index contributed by atoms with van der Waals surface area (Å²) in [7, 11) is 0. The Morgan fingerprint density at radius 3 is 2.70 bits per heavy atom. The first-order chi connectivity index (χ1) is 14.6. The van der Waals surface area contributed by atoms with Gasteiger partial charge in [-0.05, 0) is 44.0 Å². The van der Waals surface area contributed by atoms with Gasteiger partial charge in [-0.1, -0.05) is 0 Å². The van der Waals surface area contributed by atoms with Gasteiger partial charge in [-0.15, -0.1) is 0 Å². The zero-order valence-corrected chi connectivity index (χ0v) is 17.0. The first-order valence-corrected chi connectivity index (χ1v) is 10.6. The molecule has 1 saturated heterocycles. The van der Waals surface area contributed by atoms with E-state index in [9.17, 15) is 4.79 Å². The van der Waals surface area contributed by atoms with Crippen molar-refractivity contribution in [3.05, 3.63) is 58.9 Å². The maximum absolute atomic E-state index is 12.9. The van der Waals surface area contributed by atoms with Crippen molar-refractivity contribution in [3.63, 3.8) is 0 Å². The number of benzene rings is 1. The van der Waals surface area contributed by atoms with Crippen LogP contribution in [0.15, 0.2) is 47.7 Å². The van der Waals surface area contributed by atoms with Crippen LogP contribution in [0.5, 0.6) is 0 Å². The Kier molecular flexibility index (Phi) is 3.92. The van der Waals surface area contributed by atoms with Crippen molar-refractivity contribution < 1.29 is 0 Å². The molecule has 0 radical (unpaired) electrons. The van der Waals surface area contributed by atoms with E-state index in [1.165, 1.54) is 12.8 Å². The Labute approximate surface area is 174 Å². The van der Waals surface area contributed by atoms with Gasteiger partial charge in [0.05, 0.1) is 28.3 Å². The summed E-state index contributed by atoms with van der Waals surface area (Å²) in [5.74, 6) is 0.583. The molecule has 1 aromatic carbocycles. The predicted molar refractivity (Wildman–Crippen MR) is 118 cm³/mol. The Balaban J connectivity index is 1.32. The molecule has 7 heteroatoms. The molecule has 3 aromatic heterocycles. The molecule has 2 fully saturated rings. The summed E-state index contributed by atoms with van der Waals surface area (Å²) in [5.41, 5.74) is 4.52. The number of aromatic nitrogens is 4. The number of aryl methyl sites for hydroxylation is 1. The van der Waals surface area contributed by atoms with Crippen molar-refractivity contribution in [1.29, 1.82) is 0 Å². The Morgan fingerprint density at radius 2 is 1.90 bits per heavy atom. The van der Waals surface area contributed by atoms with Crippen molar-refractivity contribution in [2.75, 3.05) is 31.1 Å². The number of aromatic amines is 1. The molecule has 152 valence electrons. The van der Waals surface area contributed by atoms with Gasteiger partial charge in [0.2, 0.25) is 0 Å². The van der Waals surface area contributed by atoms with Gasteiger partial charge in [-0.3, -0.25) is 14.7 Å². The van der Waals surface area contributed by atoms with Crippen LogP contribution in [0.4, 0.5) is 5.69 Å². The third kappa shape index (κ3) is 3.06. The lowest BCUT2D eigenvalue weighted by molar-refractivity contribution is 0.248. The second kappa shape index (κ2) is 6.67. The fourth-order valence-corrected chi connectivity index (χ4v) is 4.49. The summed E-state index contributed by atoms with van der Waals surface area (Å²) < 4.78 is 2.01. The number of anilines is 1. The van der Waals surface area contributed by atoms with E-state index < -0.39 is 0 Å². The minimum absolute atomic E-state index is 0.0990. The third-order valence-corrected chi connectivity index (χ3v) is 6.31. The fraction of sp³-hybridized carbons (Fsp3) is 0.348. The van der Waals surface area contributed by atoms with Crippen LogP contribution < -0.4 is 10.5 Å². The number of nitrogens with zero attached hydrogens (tertiary/aromatic N) is 5. The highest BCUT2D eigenvalue weighted by atomic mass is 16.1. The summed E-state index contributed by atoms with van der Waals surface area (Å²) >= 11 is 0. The van der Waals surface area contributed by atoms with Gasteiger partial charge in [-0.2, -0.15) is 0 Å². The van der Waals surface area contributed by atoms with E-state index in [0.29, 0.717) is 11.2 Å². The molecule has 4 heterocycles. The van der Waals surface area contributed by atoms with Crippen molar-refractivity contribution in [3.8, 4) is 11.4 Å². The van der Waals surface area contributed by atoms with Crippen molar-refractivity contribution in [1.82, 2.24) is 24.3 Å². The van der Waals surface area contributed by atoms with Gasteiger partial charge < -0.3 is 14.3 Å². The van der Waals surface area contributed by atoms with Crippen molar-refractivity contribution in [2.45, 2.75) is 25.8 Å². The van der Waals surface area contributed by atoms with Crippen LogP contribution in [0, 0.1) is 6.92 Å². The molecule has 2 aliphatic rings. The van der Waals surface area contributed by atoms with E-state index in [4.69, 9.17) is 4.98 Å². The molecule has 1 saturated carbocycles. The Morgan fingerprint density at radius 1 is 1.07 bits per heavy atom. The molecule has 0 amide bonds. The molecule has 0 spiro atoms. The lowest BCUT2D eigenvalue weighted by atomic mass is 10.1. The standard InChI is InChI=1S/C23H24N6O/c1-15-13-29-14-16(10-19(29)12-24-15)22-25-21-5-4-18(11-20(21)23(30)26-22)28-8-6-27(7-9-28)17-2-3-17/h4-5,10-14,17H,2-3,6-9H2,1H3,(H,25,26,30). The number of hydrogen-bond acceptors (Lipinski definition) is 5. The minimum Gasteiger partial charge on any atom is -0.369 e. The van der Waals surface area contributed by atoms with Crippen LogP contribution in [-0.4, -0.2) is 56.5 Å². The predicted octanol–water partition coefficient (Wildman–Crippen LogP) is 2.83. The summed E-state index contributed by atoms with van der Waals surface area (Å²) in [5, 5.41) is 0.641. The lowest BCUT2D eigenvalue weighted by Gasteiger charge is -2.36. The zero-order valence-electron chi connectivity index (χ0n) is 17.0. The number of H-pyrrole nitrogens is 1. The summed E-state index contributed by atoms with van der Waals surface area (Å²) in [6.45, 7) is 6.19. The molecular formula is C23H24N6O. The van der Waals surface area contributed by atoms with E-state index in [-0.39, 0.29) is 5.56 Å². The third-order valence-electron chi connectivity index (χ3n) is 6.31. The molecule has 0 unspecified atom stereocenters. The maximum Gasteiger partial charge on any atom is 0.259 e. The molecule has 30 heavy (non-hydrogen) atoms. The highest BCUT2D eigenvalue weighted by Crippen LogP contribution is 2.29. The van der Waals surface area contributed by atoms with Crippen LogP contribution in [0.2, 0.25) is 0 Å². The summed E-state index contributed by atoms with van der Waals surface area (Å²) in [6.07, 6.45) is 8.47. The van der Waals surface area contributed by atoms with Crippen LogP contribution in [0.25, 0.3) is 27.8 Å². The van der Waals surface area contributed by atoms with Crippen molar-refractivity contribution >= 4 is 22.1 Å². The average molecular weight is 400 g/mol. The first kappa shape index (κ1) is 17.7. The number of rotatable bonds is 3. The Bertz CT molecular complexity index is 1310. The van der Waals surface area contributed by atoms with Gasteiger partial charge in [0, 0.05) is 55.9 Å². The molecule has 1 aliphatic heterocycles. The van der Waals surface area contributed by atoms with Gasteiger partial charge in [-0.25, -0.2) is 4.98 Å². The van der Waals surface area contributed by atoms with Gasteiger partial charge in [0.1, 0.15) is 5.82 Å².